The highest BCUT2D eigenvalue weighted by atomic mass is 79.9. The lowest BCUT2D eigenvalue weighted by molar-refractivity contribution is 0.341. The van der Waals surface area contributed by atoms with Gasteiger partial charge in [0.25, 0.3) is 0 Å². The lowest BCUT2D eigenvalue weighted by Gasteiger charge is -2.17. The van der Waals surface area contributed by atoms with Gasteiger partial charge < -0.3 is 9.08 Å². The third-order valence-corrected chi connectivity index (χ3v) is 4.99. The van der Waals surface area contributed by atoms with Crippen molar-refractivity contribution in [2.75, 3.05) is 19.3 Å². The van der Waals surface area contributed by atoms with Crippen LogP contribution in [0.15, 0.2) is 59.1 Å². The largest absolute Gasteiger partial charge is 0.382 e. The minimum atomic E-state index is -3.59. The van der Waals surface area contributed by atoms with Gasteiger partial charge >= 0.3 is 10.1 Å². The number of benzene rings is 2. The molecule has 0 aromatic heterocycles. The first-order valence-corrected chi connectivity index (χ1v) is 9.22. The smallest absolute Gasteiger partial charge is 0.310 e. The van der Waals surface area contributed by atoms with Crippen molar-refractivity contribution < 1.29 is 12.6 Å². The first-order chi connectivity index (χ1) is 10.5. The third kappa shape index (κ3) is 5.44. The van der Waals surface area contributed by atoms with Crippen molar-refractivity contribution in [2.24, 2.45) is 0 Å². The average Bonchev–Trinajstić information content (AvgIpc) is 2.48. The van der Waals surface area contributed by atoms with Gasteiger partial charge in [-0.2, -0.15) is 8.42 Å². The van der Waals surface area contributed by atoms with Gasteiger partial charge in [0.15, 0.2) is 0 Å². The van der Waals surface area contributed by atoms with Gasteiger partial charge in [0.05, 0.1) is 5.75 Å². The standard InChI is InChI=1S/C16H18BrNO3S/c1-18(13-14-7-5-6-10-16(14)17)11-12-22(19,20)21-15-8-3-2-4-9-15/h2-10H,11-13H2,1H3. The Morgan fingerprint density at radius 3 is 2.36 bits per heavy atom. The lowest BCUT2D eigenvalue weighted by Crippen LogP contribution is -2.27. The average molecular weight is 384 g/mol. The summed E-state index contributed by atoms with van der Waals surface area (Å²) < 4.78 is 30.0. The second-order valence-corrected chi connectivity index (χ2v) is 7.53. The van der Waals surface area contributed by atoms with E-state index < -0.39 is 10.1 Å². The first kappa shape index (κ1) is 17.0. The van der Waals surface area contributed by atoms with Crippen molar-refractivity contribution >= 4 is 26.0 Å². The van der Waals surface area contributed by atoms with E-state index in [9.17, 15) is 8.42 Å². The number of nitrogens with zero attached hydrogens (tertiary/aromatic N) is 1. The molecule has 2 rings (SSSR count). The molecule has 6 heteroatoms. The molecule has 0 radical (unpaired) electrons. The van der Waals surface area contributed by atoms with E-state index in [0.29, 0.717) is 18.8 Å². The summed E-state index contributed by atoms with van der Waals surface area (Å²) in [5.74, 6) is 0.291. The maximum atomic E-state index is 12.0. The highest BCUT2D eigenvalue weighted by Gasteiger charge is 2.14. The van der Waals surface area contributed by atoms with Crippen LogP contribution >= 0.6 is 15.9 Å². The van der Waals surface area contributed by atoms with Crippen molar-refractivity contribution in [2.45, 2.75) is 6.54 Å². The van der Waals surface area contributed by atoms with Gasteiger partial charge in [-0.25, -0.2) is 0 Å². The predicted molar refractivity (Wildman–Crippen MR) is 91.3 cm³/mol. The van der Waals surface area contributed by atoms with E-state index in [1.54, 1.807) is 24.3 Å². The molecule has 0 amide bonds. The Bertz CT molecular complexity index is 704. The normalized spacial score (nSPS) is 11.6. The molecular formula is C16H18BrNO3S. The van der Waals surface area contributed by atoms with Gasteiger partial charge in [-0.15, -0.1) is 0 Å². The van der Waals surface area contributed by atoms with Crippen LogP contribution in [-0.2, 0) is 16.7 Å². The van der Waals surface area contributed by atoms with E-state index in [2.05, 4.69) is 15.9 Å². The maximum absolute atomic E-state index is 12.0. The lowest BCUT2D eigenvalue weighted by atomic mass is 10.2. The Balaban J connectivity index is 1.87. The molecule has 118 valence electrons. The van der Waals surface area contributed by atoms with Crippen LogP contribution in [-0.4, -0.2) is 32.7 Å². The Hall–Kier alpha value is -1.37. The molecule has 0 heterocycles. The Kier molecular flexibility index (Phi) is 5.99. The number of halogens is 1. The van der Waals surface area contributed by atoms with E-state index in [-0.39, 0.29) is 5.75 Å². The van der Waals surface area contributed by atoms with E-state index in [1.165, 1.54) is 0 Å². The van der Waals surface area contributed by atoms with Crippen molar-refractivity contribution in [3.8, 4) is 5.75 Å². The SMILES string of the molecule is CN(CCS(=O)(=O)Oc1ccccc1)Cc1ccccc1Br. The van der Waals surface area contributed by atoms with Crippen LogP contribution in [0, 0.1) is 0 Å². The summed E-state index contributed by atoms with van der Waals surface area (Å²) in [5, 5.41) is 0. The highest BCUT2D eigenvalue weighted by molar-refractivity contribution is 9.10. The van der Waals surface area contributed by atoms with Crippen molar-refractivity contribution in [3.63, 3.8) is 0 Å². The van der Waals surface area contributed by atoms with Gasteiger partial charge in [0.1, 0.15) is 5.75 Å². The summed E-state index contributed by atoms with van der Waals surface area (Å²) in [6.07, 6.45) is 0. The van der Waals surface area contributed by atoms with Gasteiger partial charge in [0, 0.05) is 17.6 Å². The molecule has 0 saturated heterocycles. The van der Waals surface area contributed by atoms with Crippen LogP contribution in [0.2, 0.25) is 0 Å². The zero-order valence-corrected chi connectivity index (χ0v) is 14.7. The van der Waals surface area contributed by atoms with Crippen LogP contribution in [0.4, 0.5) is 0 Å². The molecular weight excluding hydrogens is 366 g/mol. The molecule has 0 aliphatic rings. The molecule has 22 heavy (non-hydrogen) atoms. The van der Waals surface area contributed by atoms with Crippen LogP contribution in [0.5, 0.6) is 5.75 Å². The Labute approximate surface area is 140 Å². The van der Waals surface area contributed by atoms with Crippen molar-refractivity contribution in [1.29, 1.82) is 0 Å². The fraction of sp³-hybridized carbons (Fsp3) is 0.250. The number of hydrogen-bond acceptors (Lipinski definition) is 4. The van der Waals surface area contributed by atoms with Gasteiger partial charge in [-0.3, -0.25) is 0 Å². The molecule has 0 saturated carbocycles. The summed E-state index contributed by atoms with van der Waals surface area (Å²) in [5.41, 5.74) is 1.12. The first-order valence-electron chi connectivity index (χ1n) is 6.85. The second-order valence-electron chi connectivity index (χ2n) is 4.99. The topological polar surface area (TPSA) is 46.6 Å². The summed E-state index contributed by atoms with van der Waals surface area (Å²) in [6, 6.07) is 16.4. The Morgan fingerprint density at radius 2 is 1.68 bits per heavy atom. The zero-order valence-electron chi connectivity index (χ0n) is 12.3. The Morgan fingerprint density at radius 1 is 1.05 bits per heavy atom. The quantitative estimate of drug-likeness (QED) is 0.688. The van der Waals surface area contributed by atoms with Crippen molar-refractivity contribution in [1.82, 2.24) is 4.90 Å². The van der Waals surface area contributed by atoms with Gasteiger partial charge in [0.2, 0.25) is 0 Å². The molecule has 0 unspecified atom stereocenters. The molecule has 2 aromatic rings. The number of para-hydroxylation sites is 1. The van der Waals surface area contributed by atoms with Crippen LogP contribution in [0.1, 0.15) is 5.56 Å². The molecule has 0 bridgehead atoms. The molecule has 0 atom stereocenters. The fourth-order valence-corrected chi connectivity index (χ4v) is 3.36. The minimum Gasteiger partial charge on any atom is -0.382 e. The third-order valence-electron chi connectivity index (χ3n) is 3.09. The van der Waals surface area contributed by atoms with Gasteiger partial charge in [-0.05, 0) is 30.8 Å². The maximum Gasteiger partial charge on any atom is 0.310 e. The van der Waals surface area contributed by atoms with Crippen LogP contribution < -0.4 is 4.18 Å². The summed E-state index contributed by atoms with van der Waals surface area (Å²) >= 11 is 3.49. The molecule has 0 N–H and O–H groups in total. The van der Waals surface area contributed by atoms with Gasteiger partial charge in [-0.1, -0.05) is 52.3 Å². The number of rotatable bonds is 7. The predicted octanol–water partition coefficient (Wildman–Crippen LogP) is 3.29. The highest BCUT2D eigenvalue weighted by Crippen LogP contribution is 2.17. The van der Waals surface area contributed by atoms with E-state index in [0.717, 1.165) is 10.0 Å². The van der Waals surface area contributed by atoms with E-state index in [1.807, 2.05) is 42.3 Å². The molecule has 0 fully saturated rings. The summed E-state index contributed by atoms with van der Waals surface area (Å²) in [7, 11) is -1.70. The molecule has 0 spiro atoms. The molecule has 0 aliphatic heterocycles. The van der Waals surface area contributed by atoms with E-state index in [4.69, 9.17) is 4.18 Å². The fourth-order valence-electron chi connectivity index (χ4n) is 1.93. The minimum absolute atomic E-state index is 0.0527. The molecule has 0 aliphatic carbocycles. The summed E-state index contributed by atoms with van der Waals surface area (Å²) in [6.45, 7) is 1.07. The summed E-state index contributed by atoms with van der Waals surface area (Å²) in [4.78, 5) is 1.95. The molecule has 2 aromatic carbocycles. The van der Waals surface area contributed by atoms with E-state index >= 15 is 0 Å². The second kappa shape index (κ2) is 7.76. The number of hydrogen-bond donors (Lipinski definition) is 0. The van der Waals surface area contributed by atoms with Crippen molar-refractivity contribution in [3.05, 3.63) is 64.6 Å². The van der Waals surface area contributed by atoms with Crippen LogP contribution in [0.25, 0.3) is 0 Å². The monoisotopic (exact) mass is 383 g/mol. The zero-order chi connectivity index (χ0) is 16.0. The molecule has 4 nitrogen and oxygen atoms in total. The van der Waals surface area contributed by atoms with Crippen LogP contribution in [0.3, 0.4) is 0 Å².